The van der Waals surface area contributed by atoms with Crippen molar-refractivity contribution in [3.63, 3.8) is 0 Å². The Labute approximate surface area is 162 Å². The minimum Gasteiger partial charge on any atom is -0.356 e. The van der Waals surface area contributed by atoms with Crippen molar-refractivity contribution in [3.05, 3.63) is 29.3 Å². The summed E-state index contributed by atoms with van der Waals surface area (Å²) in [5.41, 5.74) is 0. The molecule has 0 aromatic heterocycles. The minimum atomic E-state index is -3.30. The number of carbonyl (C=O) groups is 1. The van der Waals surface area contributed by atoms with Crippen LogP contribution in [-0.2, 0) is 14.6 Å². The molecule has 1 aromatic rings. The number of halogens is 1. The maximum atomic E-state index is 12.4. The number of nitrogens with one attached hydrogen (secondary N) is 1. The van der Waals surface area contributed by atoms with Crippen molar-refractivity contribution in [1.82, 2.24) is 10.2 Å². The highest BCUT2D eigenvalue weighted by Crippen LogP contribution is 2.19. The number of sulfone groups is 1. The fourth-order valence-electron chi connectivity index (χ4n) is 3.16. The van der Waals surface area contributed by atoms with Gasteiger partial charge in [0.2, 0.25) is 5.91 Å². The van der Waals surface area contributed by atoms with Crippen molar-refractivity contribution >= 4 is 27.3 Å². The van der Waals surface area contributed by atoms with Gasteiger partial charge in [-0.25, -0.2) is 8.42 Å². The molecule has 1 saturated heterocycles. The fourth-order valence-corrected chi connectivity index (χ4v) is 4.57. The number of piperidine rings is 1. The molecule has 1 heterocycles. The van der Waals surface area contributed by atoms with Gasteiger partial charge in [-0.3, -0.25) is 4.79 Å². The van der Waals surface area contributed by atoms with E-state index in [1.807, 2.05) is 0 Å². The van der Waals surface area contributed by atoms with Crippen molar-refractivity contribution < 1.29 is 13.2 Å². The van der Waals surface area contributed by atoms with Crippen molar-refractivity contribution in [2.45, 2.75) is 43.9 Å². The molecule has 0 unspecified atom stereocenters. The molecule has 1 amide bonds. The van der Waals surface area contributed by atoms with E-state index in [1.165, 1.54) is 0 Å². The highest BCUT2D eigenvalue weighted by molar-refractivity contribution is 7.91. The molecule has 0 bridgehead atoms. The van der Waals surface area contributed by atoms with Crippen LogP contribution in [0.3, 0.4) is 0 Å². The third-order valence-electron chi connectivity index (χ3n) is 4.89. The first kappa shape index (κ1) is 21.2. The Kier molecular flexibility index (Phi) is 8.38. The van der Waals surface area contributed by atoms with Gasteiger partial charge in [-0.15, -0.1) is 0 Å². The molecule has 0 atom stereocenters. The Morgan fingerprint density at radius 2 is 1.85 bits per heavy atom. The van der Waals surface area contributed by atoms with E-state index in [0.717, 1.165) is 51.7 Å². The van der Waals surface area contributed by atoms with Crippen LogP contribution in [0.5, 0.6) is 0 Å². The fraction of sp³-hybridized carbons (Fsp3) is 0.632. The molecule has 26 heavy (non-hydrogen) atoms. The molecule has 1 fully saturated rings. The third kappa shape index (κ3) is 6.56. The Morgan fingerprint density at radius 3 is 2.46 bits per heavy atom. The van der Waals surface area contributed by atoms with Crippen LogP contribution in [-0.4, -0.2) is 51.2 Å². The standard InChI is InChI=1S/C19H29ClN2O3S/c1-2-3-4-11-21-19(23)16-9-12-22(13-10-16)14-15-26(24,25)18-7-5-17(20)6-8-18/h5-8,16H,2-4,9-15H2,1H3,(H,21,23). The lowest BCUT2D eigenvalue weighted by atomic mass is 9.96. The van der Waals surface area contributed by atoms with E-state index in [-0.39, 0.29) is 17.6 Å². The zero-order valence-electron chi connectivity index (χ0n) is 15.4. The van der Waals surface area contributed by atoms with Gasteiger partial charge in [-0.1, -0.05) is 31.4 Å². The zero-order valence-corrected chi connectivity index (χ0v) is 17.0. The summed E-state index contributed by atoms with van der Waals surface area (Å²) in [4.78, 5) is 14.6. The molecule has 5 nitrogen and oxygen atoms in total. The third-order valence-corrected chi connectivity index (χ3v) is 6.85. The Balaban J connectivity index is 1.73. The molecule has 0 spiro atoms. The summed E-state index contributed by atoms with van der Waals surface area (Å²) in [5.74, 6) is 0.290. The molecule has 146 valence electrons. The molecule has 1 aromatic carbocycles. The largest absolute Gasteiger partial charge is 0.356 e. The van der Waals surface area contributed by atoms with Gasteiger partial charge in [0.15, 0.2) is 9.84 Å². The molecule has 1 aliphatic rings. The van der Waals surface area contributed by atoms with E-state index >= 15 is 0 Å². The lowest BCUT2D eigenvalue weighted by Crippen LogP contribution is -2.42. The SMILES string of the molecule is CCCCCNC(=O)C1CCN(CCS(=O)(=O)c2ccc(Cl)cc2)CC1. The number of hydrogen-bond donors (Lipinski definition) is 1. The van der Waals surface area contributed by atoms with Gasteiger partial charge in [-0.2, -0.15) is 0 Å². The zero-order chi connectivity index (χ0) is 19.0. The number of hydrogen-bond acceptors (Lipinski definition) is 4. The maximum absolute atomic E-state index is 12.4. The van der Waals surface area contributed by atoms with Crippen LogP contribution in [0.4, 0.5) is 0 Å². The van der Waals surface area contributed by atoms with Crippen molar-refractivity contribution in [1.29, 1.82) is 0 Å². The summed E-state index contributed by atoms with van der Waals surface area (Å²) in [7, 11) is -3.30. The molecule has 1 aliphatic heterocycles. The van der Waals surface area contributed by atoms with E-state index in [0.29, 0.717) is 16.5 Å². The maximum Gasteiger partial charge on any atom is 0.223 e. The van der Waals surface area contributed by atoms with Crippen LogP contribution in [0.25, 0.3) is 0 Å². The summed E-state index contributed by atoms with van der Waals surface area (Å²) in [6.07, 6.45) is 4.90. The normalized spacial score (nSPS) is 16.5. The first-order chi connectivity index (χ1) is 12.4. The quantitative estimate of drug-likeness (QED) is 0.646. The predicted molar refractivity (Wildman–Crippen MR) is 105 cm³/mol. The Morgan fingerprint density at radius 1 is 1.19 bits per heavy atom. The molecular formula is C19H29ClN2O3S. The van der Waals surface area contributed by atoms with Crippen LogP contribution in [0.15, 0.2) is 29.2 Å². The molecule has 7 heteroatoms. The van der Waals surface area contributed by atoms with Gasteiger partial charge in [0.05, 0.1) is 10.6 Å². The van der Waals surface area contributed by atoms with E-state index in [9.17, 15) is 13.2 Å². The van der Waals surface area contributed by atoms with Crippen LogP contribution < -0.4 is 5.32 Å². The second-order valence-electron chi connectivity index (χ2n) is 6.89. The number of benzene rings is 1. The summed E-state index contributed by atoms with van der Waals surface area (Å²) < 4.78 is 24.8. The second-order valence-corrected chi connectivity index (χ2v) is 9.43. The van der Waals surface area contributed by atoms with Crippen LogP contribution >= 0.6 is 11.6 Å². The van der Waals surface area contributed by atoms with E-state index in [4.69, 9.17) is 11.6 Å². The van der Waals surface area contributed by atoms with Crippen LogP contribution in [0.1, 0.15) is 39.0 Å². The van der Waals surface area contributed by atoms with Crippen molar-refractivity contribution in [2.75, 3.05) is 31.9 Å². The van der Waals surface area contributed by atoms with E-state index in [2.05, 4.69) is 17.1 Å². The number of unbranched alkanes of at least 4 members (excludes halogenated alkanes) is 2. The number of carbonyl (C=O) groups excluding carboxylic acids is 1. The first-order valence-electron chi connectivity index (χ1n) is 9.41. The lowest BCUT2D eigenvalue weighted by molar-refractivity contribution is -0.126. The van der Waals surface area contributed by atoms with Gasteiger partial charge >= 0.3 is 0 Å². The average Bonchev–Trinajstić information content (AvgIpc) is 2.64. The summed E-state index contributed by atoms with van der Waals surface area (Å²) >= 11 is 5.81. The monoisotopic (exact) mass is 400 g/mol. The van der Waals surface area contributed by atoms with E-state index < -0.39 is 9.84 Å². The molecule has 2 rings (SSSR count). The number of amides is 1. The van der Waals surface area contributed by atoms with Crippen LogP contribution in [0.2, 0.25) is 5.02 Å². The van der Waals surface area contributed by atoms with Gasteiger partial charge in [0.1, 0.15) is 0 Å². The highest BCUT2D eigenvalue weighted by Gasteiger charge is 2.25. The minimum absolute atomic E-state index is 0.0562. The second kappa shape index (κ2) is 10.3. The van der Waals surface area contributed by atoms with Gasteiger partial charge in [-0.05, 0) is 56.6 Å². The molecule has 1 N–H and O–H groups in total. The molecule has 0 saturated carbocycles. The van der Waals surface area contributed by atoms with Gasteiger partial charge in [0.25, 0.3) is 0 Å². The highest BCUT2D eigenvalue weighted by atomic mass is 35.5. The molecule has 0 aliphatic carbocycles. The smallest absolute Gasteiger partial charge is 0.223 e. The summed E-state index contributed by atoms with van der Waals surface area (Å²) in [5, 5.41) is 3.55. The summed E-state index contributed by atoms with van der Waals surface area (Å²) in [6, 6.07) is 6.29. The average molecular weight is 401 g/mol. The first-order valence-corrected chi connectivity index (χ1v) is 11.4. The van der Waals surface area contributed by atoms with E-state index in [1.54, 1.807) is 24.3 Å². The van der Waals surface area contributed by atoms with Crippen molar-refractivity contribution in [2.24, 2.45) is 5.92 Å². The number of nitrogens with zero attached hydrogens (tertiary/aromatic N) is 1. The topological polar surface area (TPSA) is 66.5 Å². The summed E-state index contributed by atoms with van der Waals surface area (Å²) in [6.45, 7) is 4.93. The van der Waals surface area contributed by atoms with Gasteiger partial charge in [0, 0.05) is 24.0 Å². The molecular weight excluding hydrogens is 372 g/mol. The number of likely N-dealkylation sites (tertiary alicyclic amines) is 1. The number of rotatable bonds is 9. The lowest BCUT2D eigenvalue weighted by Gasteiger charge is -2.31. The predicted octanol–water partition coefficient (Wildman–Crippen LogP) is 3.13. The Bertz CT molecular complexity index is 669. The Hall–Kier alpha value is -1.11. The van der Waals surface area contributed by atoms with Crippen LogP contribution in [0, 0.1) is 5.92 Å². The van der Waals surface area contributed by atoms with Gasteiger partial charge < -0.3 is 10.2 Å². The van der Waals surface area contributed by atoms with Crippen molar-refractivity contribution in [3.8, 4) is 0 Å². The molecule has 0 radical (unpaired) electrons.